The van der Waals surface area contributed by atoms with Crippen LogP contribution in [0.5, 0.6) is 0 Å². The predicted molar refractivity (Wildman–Crippen MR) is 84.8 cm³/mol. The topological polar surface area (TPSA) is 71.4 Å². The first kappa shape index (κ1) is 14.3. The molecule has 0 saturated carbocycles. The monoisotopic (exact) mass is 313 g/mol. The van der Waals surface area contributed by atoms with Gasteiger partial charge in [0.25, 0.3) is 5.56 Å². The molecule has 2 aromatic heterocycles. The van der Waals surface area contributed by atoms with Crippen molar-refractivity contribution >= 4 is 0 Å². The van der Waals surface area contributed by atoms with Gasteiger partial charge < -0.3 is 14.1 Å². The zero-order chi connectivity index (χ0) is 15.6. The summed E-state index contributed by atoms with van der Waals surface area (Å²) >= 11 is 0. The molecule has 0 saturated heterocycles. The Morgan fingerprint density at radius 1 is 1.35 bits per heavy atom. The lowest BCUT2D eigenvalue weighted by Gasteiger charge is -2.29. The quantitative estimate of drug-likeness (QED) is 0.939. The average molecular weight is 313 g/mol. The van der Waals surface area contributed by atoms with Crippen molar-refractivity contribution in [2.45, 2.75) is 25.8 Å². The highest BCUT2D eigenvalue weighted by Gasteiger charge is 2.22. The van der Waals surface area contributed by atoms with Crippen molar-refractivity contribution in [2.75, 3.05) is 19.7 Å². The van der Waals surface area contributed by atoms with E-state index >= 15 is 0 Å². The Kier molecular flexibility index (Phi) is 3.75. The van der Waals surface area contributed by atoms with Gasteiger partial charge >= 0.3 is 0 Å². The molecule has 0 fully saturated rings. The van der Waals surface area contributed by atoms with Crippen LogP contribution < -0.4 is 5.56 Å². The van der Waals surface area contributed by atoms with Crippen molar-refractivity contribution in [2.24, 2.45) is 0 Å². The summed E-state index contributed by atoms with van der Waals surface area (Å²) in [5.41, 5.74) is 2.88. The van der Waals surface area contributed by atoms with E-state index in [-0.39, 0.29) is 5.56 Å². The highest BCUT2D eigenvalue weighted by atomic mass is 16.5. The summed E-state index contributed by atoms with van der Waals surface area (Å²) in [5.74, 6) is 1.10. The van der Waals surface area contributed by atoms with Crippen molar-refractivity contribution in [3.8, 4) is 11.6 Å². The molecule has 0 bridgehead atoms. The number of ether oxygens (including phenoxy) is 1. The first-order valence-corrected chi connectivity index (χ1v) is 7.97. The first-order chi connectivity index (χ1) is 11.3. The molecule has 0 radical (unpaired) electrons. The molecule has 0 unspecified atom stereocenters. The number of rotatable bonds is 3. The second kappa shape index (κ2) is 6.04. The van der Waals surface area contributed by atoms with Crippen LogP contribution in [0.4, 0.5) is 0 Å². The van der Waals surface area contributed by atoms with E-state index < -0.39 is 0 Å². The van der Waals surface area contributed by atoms with Gasteiger partial charge in [-0.3, -0.25) is 9.69 Å². The lowest BCUT2D eigenvalue weighted by Crippen LogP contribution is -2.37. The SMILES string of the molecule is O=c1[nH]c(-c2ccco2)nc2c1CN(CC1=COCCC1)CC2. The molecule has 4 rings (SSSR count). The minimum atomic E-state index is -0.0695. The smallest absolute Gasteiger partial charge is 0.256 e. The van der Waals surface area contributed by atoms with Crippen LogP contribution >= 0.6 is 0 Å². The minimum absolute atomic E-state index is 0.0695. The third kappa shape index (κ3) is 2.94. The van der Waals surface area contributed by atoms with Crippen LogP contribution in [-0.4, -0.2) is 34.6 Å². The third-order valence-electron chi connectivity index (χ3n) is 4.34. The number of fused-ring (bicyclic) bond motifs is 1. The Labute approximate surface area is 133 Å². The van der Waals surface area contributed by atoms with Gasteiger partial charge in [0.1, 0.15) is 0 Å². The maximum absolute atomic E-state index is 12.4. The zero-order valence-corrected chi connectivity index (χ0v) is 12.9. The van der Waals surface area contributed by atoms with E-state index in [1.54, 1.807) is 18.4 Å². The fourth-order valence-electron chi connectivity index (χ4n) is 3.17. The van der Waals surface area contributed by atoms with Gasteiger partial charge in [0.2, 0.25) is 0 Å². The summed E-state index contributed by atoms with van der Waals surface area (Å²) in [6, 6.07) is 3.59. The summed E-state index contributed by atoms with van der Waals surface area (Å²) in [6.07, 6.45) is 6.39. The third-order valence-corrected chi connectivity index (χ3v) is 4.34. The lowest BCUT2D eigenvalue weighted by molar-refractivity contribution is 0.208. The van der Waals surface area contributed by atoms with Gasteiger partial charge in [0.15, 0.2) is 11.6 Å². The van der Waals surface area contributed by atoms with Crippen molar-refractivity contribution in [3.05, 3.63) is 51.8 Å². The van der Waals surface area contributed by atoms with Gasteiger partial charge in [-0.25, -0.2) is 4.98 Å². The number of furan rings is 1. The molecule has 4 heterocycles. The van der Waals surface area contributed by atoms with Gasteiger partial charge in [-0.05, 0) is 30.5 Å². The fraction of sp³-hybridized carbons (Fsp3) is 0.412. The highest BCUT2D eigenvalue weighted by Crippen LogP contribution is 2.21. The number of hydrogen-bond acceptors (Lipinski definition) is 5. The Hall–Kier alpha value is -2.34. The first-order valence-electron chi connectivity index (χ1n) is 7.97. The highest BCUT2D eigenvalue weighted by molar-refractivity contribution is 5.47. The maximum atomic E-state index is 12.4. The lowest BCUT2D eigenvalue weighted by atomic mass is 10.0. The van der Waals surface area contributed by atoms with Crippen LogP contribution in [0.2, 0.25) is 0 Å². The van der Waals surface area contributed by atoms with Crippen LogP contribution in [0, 0.1) is 0 Å². The van der Waals surface area contributed by atoms with Gasteiger partial charge in [-0.2, -0.15) is 0 Å². The number of nitrogens with one attached hydrogen (secondary N) is 1. The molecule has 0 aromatic carbocycles. The molecule has 1 N–H and O–H groups in total. The number of aromatic amines is 1. The number of H-pyrrole nitrogens is 1. The molecule has 2 aliphatic heterocycles. The summed E-state index contributed by atoms with van der Waals surface area (Å²) in [6.45, 7) is 3.20. The van der Waals surface area contributed by atoms with E-state index in [1.807, 2.05) is 6.26 Å². The normalized spacial score (nSPS) is 18.2. The van der Waals surface area contributed by atoms with E-state index in [0.29, 0.717) is 18.1 Å². The molecular weight excluding hydrogens is 294 g/mol. The largest absolute Gasteiger partial charge is 0.501 e. The van der Waals surface area contributed by atoms with Crippen LogP contribution in [0.1, 0.15) is 24.1 Å². The van der Waals surface area contributed by atoms with Crippen molar-refractivity contribution in [3.63, 3.8) is 0 Å². The van der Waals surface area contributed by atoms with Gasteiger partial charge in [-0.15, -0.1) is 0 Å². The molecule has 2 aliphatic rings. The molecule has 2 aromatic rings. The Morgan fingerprint density at radius 2 is 2.30 bits per heavy atom. The summed E-state index contributed by atoms with van der Waals surface area (Å²) in [4.78, 5) is 22.1. The Morgan fingerprint density at radius 3 is 3.09 bits per heavy atom. The zero-order valence-electron chi connectivity index (χ0n) is 12.9. The summed E-state index contributed by atoms with van der Waals surface area (Å²) < 4.78 is 10.7. The van der Waals surface area contributed by atoms with Crippen molar-refractivity contribution < 1.29 is 9.15 Å². The molecule has 6 nitrogen and oxygen atoms in total. The molecule has 6 heteroatoms. The van der Waals surface area contributed by atoms with E-state index in [0.717, 1.165) is 50.2 Å². The molecular formula is C17H19N3O3. The molecule has 0 atom stereocenters. The summed E-state index contributed by atoms with van der Waals surface area (Å²) in [7, 11) is 0. The van der Waals surface area contributed by atoms with Crippen LogP contribution in [0.15, 0.2) is 39.4 Å². The van der Waals surface area contributed by atoms with Crippen molar-refractivity contribution in [1.82, 2.24) is 14.9 Å². The van der Waals surface area contributed by atoms with Gasteiger partial charge in [0.05, 0.1) is 30.4 Å². The Bertz CT molecular complexity index is 777. The van der Waals surface area contributed by atoms with E-state index in [1.165, 1.54) is 5.57 Å². The summed E-state index contributed by atoms with van der Waals surface area (Å²) in [5, 5.41) is 0. The van der Waals surface area contributed by atoms with Gasteiger partial charge in [-0.1, -0.05) is 0 Å². The second-order valence-corrected chi connectivity index (χ2v) is 6.03. The molecule has 120 valence electrons. The van der Waals surface area contributed by atoms with Crippen LogP contribution in [0.25, 0.3) is 11.6 Å². The molecule has 23 heavy (non-hydrogen) atoms. The standard InChI is InChI=1S/C17H19N3O3/c21-17-13-10-20(9-12-3-1-7-22-11-12)6-5-14(13)18-16(19-17)15-4-2-8-23-15/h2,4,8,11H,1,3,5-7,9-10H2,(H,18,19,21). The number of hydrogen-bond donors (Lipinski definition) is 1. The van der Waals surface area contributed by atoms with E-state index in [2.05, 4.69) is 14.9 Å². The van der Waals surface area contributed by atoms with Crippen molar-refractivity contribution in [1.29, 1.82) is 0 Å². The number of nitrogens with zero attached hydrogens (tertiary/aromatic N) is 2. The van der Waals surface area contributed by atoms with Crippen LogP contribution in [-0.2, 0) is 17.7 Å². The fourth-order valence-corrected chi connectivity index (χ4v) is 3.17. The van der Waals surface area contributed by atoms with E-state index in [4.69, 9.17) is 9.15 Å². The van der Waals surface area contributed by atoms with E-state index in [9.17, 15) is 4.79 Å². The minimum Gasteiger partial charge on any atom is -0.501 e. The Balaban J connectivity index is 1.55. The second-order valence-electron chi connectivity index (χ2n) is 6.03. The molecule has 0 aliphatic carbocycles. The van der Waals surface area contributed by atoms with Crippen LogP contribution in [0.3, 0.4) is 0 Å². The average Bonchev–Trinajstić information content (AvgIpc) is 3.11. The maximum Gasteiger partial charge on any atom is 0.256 e. The number of aromatic nitrogens is 2. The van der Waals surface area contributed by atoms with Gasteiger partial charge in [0, 0.05) is 26.1 Å². The molecule has 0 amide bonds. The predicted octanol–water partition coefficient (Wildman–Crippen LogP) is 2.08. The molecule has 0 spiro atoms.